The van der Waals surface area contributed by atoms with Crippen LogP contribution in [0.4, 0.5) is 0 Å². The van der Waals surface area contributed by atoms with Gasteiger partial charge in [0.1, 0.15) is 11.5 Å². The summed E-state index contributed by atoms with van der Waals surface area (Å²) >= 11 is 6.05. The summed E-state index contributed by atoms with van der Waals surface area (Å²) in [7, 11) is 1.61. The van der Waals surface area contributed by atoms with Crippen LogP contribution in [0.2, 0.25) is 5.02 Å². The van der Waals surface area contributed by atoms with Gasteiger partial charge >= 0.3 is 0 Å². The number of ether oxygens (including phenoxy) is 1. The summed E-state index contributed by atoms with van der Waals surface area (Å²) in [6, 6.07) is 5.41. The van der Waals surface area contributed by atoms with E-state index in [4.69, 9.17) is 22.1 Å². The smallest absolute Gasteiger partial charge is 0.144 e. The fraction of sp³-hybridized carbons (Fsp3) is 0.588. The SMILES string of the molecule is COc1ccc(Cl)cc1CC(=O)C1(CN)CCCCCC1. The average molecular weight is 310 g/mol. The highest BCUT2D eigenvalue weighted by Crippen LogP contribution is 2.37. The standard InChI is InChI=1S/C17H24ClNO2/c1-21-15-7-6-14(18)10-13(15)11-16(20)17(12-19)8-4-2-3-5-9-17/h6-7,10H,2-5,8-9,11-12,19H2,1H3. The first-order chi connectivity index (χ1) is 10.1. The van der Waals surface area contributed by atoms with E-state index in [1.54, 1.807) is 13.2 Å². The van der Waals surface area contributed by atoms with Gasteiger partial charge in [-0.2, -0.15) is 0 Å². The maximum atomic E-state index is 12.9. The second kappa shape index (κ2) is 7.28. The van der Waals surface area contributed by atoms with Crippen LogP contribution in [0.15, 0.2) is 18.2 Å². The molecule has 0 bridgehead atoms. The Bertz CT molecular complexity index is 494. The minimum absolute atomic E-state index is 0.229. The molecule has 1 aromatic rings. The first-order valence-electron chi connectivity index (χ1n) is 7.67. The zero-order valence-electron chi connectivity index (χ0n) is 12.7. The molecule has 2 N–H and O–H groups in total. The van der Waals surface area contributed by atoms with E-state index in [0.29, 0.717) is 23.7 Å². The Kier molecular flexibility index (Phi) is 5.65. The predicted molar refractivity (Wildman–Crippen MR) is 85.9 cm³/mol. The summed E-state index contributed by atoms with van der Waals surface area (Å²) in [5.74, 6) is 0.945. The van der Waals surface area contributed by atoms with Crippen molar-refractivity contribution >= 4 is 17.4 Å². The van der Waals surface area contributed by atoms with Crippen molar-refractivity contribution in [3.8, 4) is 5.75 Å². The number of benzene rings is 1. The molecule has 1 saturated carbocycles. The average Bonchev–Trinajstić information content (AvgIpc) is 2.74. The minimum atomic E-state index is -0.357. The number of hydrogen-bond donors (Lipinski definition) is 1. The van der Waals surface area contributed by atoms with Crippen LogP contribution in [0.5, 0.6) is 5.75 Å². The summed E-state index contributed by atoms with van der Waals surface area (Å²) < 4.78 is 5.34. The van der Waals surface area contributed by atoms with E-state index in [2.05, 4.69) is 0 Å². The van der Waals surface area contributed by atoms with Crippen molar-refractivity contribution in [2.45, 2.75) is 44.9 Å². The topological polar surface area (TPSA) is 52.3 Å². The van der Waals surface area contributed by atoms with Crippen molar-refractivity contribution in [1.29, 1.82) is 0 Å². The maximum Gasteiger partial charge on any atom is 0.144 e. The van der Waals surface area contributed by atoms with Crippen LogP contribution in [0.25, 0.3) is 0 Å². The van der Waals surface area contributed by atoms with E-state index in [9.17, 15) is 4.79 Å². The Hall–Kier alpha value is -1.06. The lowest BCUT2D eigenvalue weighted by Crippen LogP contribution is -2.39. The third kappa shape index (κ3) is 3.78. The highest BCUT2D eigenvalue weighted by molar-refractivity contribution is 6.30. The number of carbonyl (C=O) groups is 1. The lowest BCUT2D eigenvalue weighted by atomic mass is 9.74. The molecule has 2 rings (SSSR count). The van der Waals surface area contributed by atoms with Crippen LogP contribution in [0.1, 0.15) is 44.1 Å². The van der Waals surface area contributed by atoms with Crippen molar-refractivity contribution in [2.24, 2.45) is 11.1 Å². The Morgan fingerprint density at radius 1 is 1.29 bits per heavy atom. The Balaban J connectivity index is 2.21. The van der Waals surface area contributed by atoms with Crippen molar-refractivity contribution in [3.05, 3.63) is 28.8 Å². The number of halogens is 1. The Morgan fingerprint density at radius 3 is 2.52 bits per heavy atom. The third-order valence-electron chi connectivity index (χ3n) is 4.64. The molecular weight excluding hydrogens is 286 g/mol. The van der Waals surface area contributed by atoms with Gasteiger partial charge in [0.05, 0.1) is 7.11 Å². The van der Waals surface area contributed by atoms with Crippen LogP contribution >= 0.6 is 11.6 Å². The van der Waals surface area contributed by atoms with Gasteiger partial charge in [-0.15, -0.1) is 0 Å². The molecule has 1 aliphatic carbocycles. The van der Waals surface area contributed by atoms with E-state index in [0.717, 1.165) is 31.2 Å². The second-order valence-corrected chi connectivity index (χ2v) is 6.39. The highest BCUT2D eigenvalue weighted by Gasteiger charge is 2.36. The minimum Gasteiger partial charge on any atom is -0.496 e. The number of rotatable bonds is 5. The molecule has 0 unspecified atom stereocenters. The van der Waals surface area contributed by atoms with Crippen molar-refractivity contribution in [2.75, 3.05) is 13.7 Å². The number of carbonyl (C=O) groups excluding carboxylic acids is 1. The molecule has 0 amide bonds. The van der Waals surface area contributed by atoms with E-state index in [1.165, 1.54) is 12.8 Å². The molecule has 0 aliphatic heterocycles. The zero-order chi connectivity index (χ0) is 15.3. The van der Waals surface area contributed by atoms with Gasteiger partial charge in [0.2, 0.25) is 0 Å². The predicted octanol–water partition coefficient (Wildman–Crippen LogP) is 3.76. The first kappa shape index (κ1) is 16.3. The van der Waals surface area contributed by atoms with Crippen molar-refractivity contribution in [1.82, 2.24) is 0 Å². The highest BCUT2D eigenvalue weighted by atomic mass is 35.5. The molecule has 3 nitrogen and oxygen atoms in total. The van der Waals surface area contributed by atoms with Gasteiger partial charge < -0.3 is 10.5 Å². The molecule has 4 heteroatoms. The molecule has 116 valence electrons. The lowest BCUT2D eigenvalue weighted by Gasteiger charge is -2.30. The molecule has 0 aromatic heterocycles. The molecule has 0 radical (unpaired) electrons. The third-order valence-corrected chi connectivity index (χ3v) is 4.87. The largest absolute Gasteiger partial charge is 0.496 e. The molecule has 1 aromatic carbocycles. The fourth-order valence-electron chi connectivity index (χ4n) is 3.25. The number of methoxy groups -OCH3 is 1. The Labute approximate surface area is 131 Å². The van der Waals surface area contributed by atoms with Gasteiger partial charge in [-0.25, -0.2) is 0 Å². The van der Waals surface area contributed by atoms with Crippen LogP contribution < -0.4 is 10.5 Å². The molecule has 0 saturated heterocycles. The van der Waals surface area contributed by atoms with Gasteiger partial charge in [-0.3, -0.25) is 4.79 Å². The Morgan fingerprint density at radius 2 is 1.95 bits per heavy atom. The van der Waals surface area contributed by atoms with Crippen LogP contribution in [0, 0.1) is 5.41 Å². The lowest BCUT2D eigenvalue weighted by molar-refractivity contribution is -0.128. The van der Waals surface area contributed by atoms with Gasteiger partial charge in [0.15, 0.2) is 0 Å². The monoisotopic (exact) mass is 309 g/mol. The molecule has 0 spiro atoms. The summed E-state index contributed by atoms with van der Waals surface area (Å²) in [6.45, 7) is 0.439. The van der Waals surface area contributed by atoms with Gasteiger partial charge in [-0.05, 0) is 31.0 Å². The molecule has 1 aliphatic rings. The van der Waals surface area contributed by atoms with Crippen molar-refractivity contribution < 1.29 is 9.53 Å². The van der Waals surface area contributed by atoms with E-state index < -0.39 is 0 Å². The van der Waals surface area contributed by atoms with E-state index in [-0.39, 0.29) is 11.2 Å². The van der Waals surface area contributed by atoms with E-state index >= 15 is 0 Å². The van der Waals surface area contributed by atoms with Gasteiger partial charge in [-0.1, -0.05) is 37.3 Å². The van der Waals surface area contributed by atoms with Crippen molar-refractivity contribution in [3.63, 3.8) is 0 Å². The number of nitrogens with two attached hydrogens (primary N) is 1. The zero-order valence-corrected chi connectivity index (χ0v) is 13.4. The first-order valence-corrected chi connectivity index (χ1v) is 8.05. The van der Waals surface area contributed by atoms with Gasteiger partial charge in [0, 0.05) is 29.0 Å². The molecule has 21 heavy (non-hydrogen) atoms. The number of hydrogen-bond acceptors (Lipinski definition) is 3. The molecular formula is C17H24ClNO2. The van der Waals surface area contributed by atoms with Gasteiger partial charge in [0.25, 0.3) is 0 Å². The number of Topliss-reactive ketones (excluding diaryl/α,β-unsaturated/α-hetero) is 1. The summed E-state index contributed by atoms with van der Waals surface area (Å²) in [5.41, 5.74) is 6.48. The summed E-state index contributed by atoms with van der Waals surface area (Å²) in [5, 5.41) is 0.626. The molecule has 0 atom stereocenters. The van der Waals surface area contributed by atoms with E-state index in [1.807, 2.05) is 12.1 Å². The second-order valence-electron chi connectivity index (χ2n) is 5.95. The molecule has 0 heterocycles. The van der Waals surface area contributed by atoms with Crippen LogP contribution in [-0.4, -0.2) is 19.4 Å². The molecule has 1 fully saturated rings. The number of ketones is 1. The normalized spacial score (nSPS) is 18.0. The quantitative estimate of drug-likeness (QED) is 0.843. The fourth-order valence-corrected chi connectivity index (χ4v) is 3.44. The van der Waals surface area contributed by atoms with Crippen LogP contribution in [-0.2, 0) is 11.2 Å². The maximum absolute atomic E-state index is 12.9. The van der Waals surface area contributed by atoms with Crippen LogP contribution in [0.3, 0.4) is 0 Å². The summed E-state index contributed by atoms with van der Waals surface area (Å²) in [6.07, 6.45) is 6.76. The summed E-state index contributed by atoms with van der Waals surface area (Å²) in [4.78, 5) is 12.9.